The number of nitrogens with zero attached hydrogens (tertiary/aromatic N) is 2. The van der Waals surface area contributed by atoms with E-state index >= 15 is 0 Å². The third kappa shape index (κ3) is 4.43. The van der Waals surface area contributed by atoms with Crippen LogP contribution in [-0.4, -0.2) is 42.8 Å². The van der Waals surface area contributed by atoms with Gasteiger partial charge in [-0.1, -0.05) is 23.2 Å². The maximum atomic E-state index is 12.1. The minimum atomic E-state index is -0.471. The molecule has 1 heterocycles. The lowest BCUT2D eigenvalue weighted by Crippen LogP contribution is -2.50. The molecule has 1 aromatic carbocycles. The van der Waals surface area contributed by atoms with Gasteiger partial charge in [0.2, 0.25) is 0 Å². The zero-order valence-corrected chi connectivity index (χ0v) is 15.9. The van der Waals surface area contributed by atoms with Gasteiger partial charge in [-0.25, -0.2) is 4.79 Å². The molecule has 0 spiro atoms. The number of halogens is 3. The van der Waals surface area contributed by atoms with Gasteiger partial charge in [0.1, 0.15) is 5.60 Å². The second-order valence-electron chi connectivity index (χ2n) is 6.17. The van der Waals surface area contributed by atoms with Gasteiger partial charge in [-0.05, 0) is 48.8 Å². The Kier molecular flexibility index (Phi) is 5.51. The standard InChI is InChI=1S/C15H19BrCl2N2O2/c1-15(2,3)22-14(21)20-6-4-19(5-7-20)13-9-12(18)11(17)8-10(13)16/h8-9H,4-7H2,1-3H3. The van der Waals surface area contributed by atoms with E-state index in [-0.39, 0.29) is 6.09 Å². The van der Waals surface area contributed by atoms with E-state index in [0.29, 0.717) is 23.1 Å². The van der Waals surface area contributed by atoms with Crippen molar-refractivity contribution in [2.45, 2.75) is 26.4 Å². The number of rotatable bonds is 1. The number of piperazine rings is 1. The van der Waals surface area contributed by atoms with Crippen LogP contribution in [0.25, 0.3) is 0 Å². The smallest absolute Gasteiger partial charge is 0.410 e. The minimum absolute atomic E-state index is 0.264. The van der Waals surface area contributed by atoms with Crippen LogP contribution < -0.4 is 4.90 Å². The predicted molar refractivity (Wildman–Crippen MR) is 94.2 cm³/mol. The molecular weight excluding hydrogens is 391 g/mol. The summed E-state index contributed by atoms with van der Waals surface area (Å²) in [6, 6.07) is 3.64. The normalized spacial score (nSPS) is 15.9. The Morgan fingerprint density at radius 2 is 1.68 bits per heavy atom. The predicted octanol–water partition coefficient (Wildman–Crippen LogP) is 4.81. The van der Waals surface area contributed by atoms with Crippen LogP contribution in [0.3, 0.4) is 0 Å². The van der Waals surface area contributed by atoms with Crippen LogP contribution in [0.4, 0.5) is 10.5 Å². The van der Waals surface area contributed by atoms with Gasteiger partial charge in [0.05, 0.1) is 15.7 Å². The summed E-state index contributed by atoms with van der Waals surface area (Å²) in [5.41, 5.74) is 0.513. The second kappa shape index (κ2) is 6.85. The molecule has 1 fully saturated rings. The van der Waals surface area contributed by atoms with E-state index in [1.165, 1.54) is 0 Å². The molecule has 0 unspecified atom stereocenters. The molecule has 2 rings (SSSR count). The van der Waals surface area contributed by atoms with Gasteiger partial charge in [-0.3, -0.25) is 0 Å². The van der Waals surface area contributed by atoms with Crippen molar-refractivity contribution in [3.63, 3.8) is 0 Å². The number of benzene rings is 1. The fraction of sp³-hybridized carbons (Fsp3) is 0.533. The molecule has 4 nitrogen and oxygen atoms in total. The largest absolute Gasteiger partial charge is 0.444 e. The average molecular weight is 410 g/mol. The first kappa shape index (κ1) is 17.7. The van der Waals surface area contributed by atoms with Gasteiger partial charge < -0.3 is 14.5 Å². The highest BCUT2D eigenvalue weighted by atomic mass is 79.9. The minimum Gasteiger partial charge on any atom is -0.444 e. The van der Waals surface area contributed by atoms with Gasteiger partial charge in [-0.2, -0.15) is 0 Å². The summed E-state index contributed by atoms with van der Waals surface area (Å²) in [5, 5.41) is 1.04. The Hall–Kier alpha value is -0.650. The monoisotopic (exact) mass is 408 g/mol. The Balaban J connectivity index is 2.01. The molecule has 0 atom stereocenters. The third-order valence-corrected chi connectivity index (χ3v) is 4.62. The van der Waals surface area contributed by atoms with Crippen molar-refractivity contribution in [1.82, 2.24) is 4.90 Å². The van der Waals surface area contributed by atoms with E-state index in [1.807, 2.05) is 26.8 Å². The highest BCUT2D eigenvalue weighted by molar-refractivity contribution is 9.10. The molecular formula is C15H19BrCl2N2O2. The van der Waals surface area contributed by atoms with E-state index in [0.717, 1.165) is 23.2 Å². The van der Waals surface area contributed by atoms with Crippen molar-refractivity contribution in [2.75, 3.05) is 31.1 Å². The van der Waals surface area contributed by atoms with Crippen LogP contribution in [0.2, 0.25) is 10.0 Å². The number of hydrogen-bond acceptors (Lipinski definition) is 3. The summed E-state index contributed by atoms with van der Waals surface area (Å²) in [6.45, 7) is 8.27. The van der Waals surface area contributed by atoms with Crippen molar-refractivity contribution in [3.05, 3.63) is 26.7 Å². The average Bonchev–Trinajstić information content (AvgIpc) is 2.41. The molecule has 1 saturated heterocycles. The van der Waals surface area contributed by atoms with Gasteiger partial charge in [-0.15, -0.1) is 0 Å². The number of hydrogen-bond donors (Lipinski definition) is 0. The molecule has 1 aromatic rings. The van der Waals surface area contributed by atoms with Crippen LogP contribution in [0.15, 0.2) is 16.6 Å². The Labute approximate surface area is 149 Å². The number of anilines is 1. The third-order valence-electron chi connectivity index (χ3n) is 3.26. The van der Waals surface area contributed by atoms with Crippen molar-refractivity contribution < 1.29 is 9.53 Å². The SMILES string of the molecule is CC(C)(C)OC(=O)N1CCN(c2cc(Cl)c(Cl)cc2Br)CC1. The van der Waals surface area contributed by atoms with E-state index in [2.05, 4.69) is 20.8 Å². The van der Waals surface area contributed by atoms with E-state index in [9.17, 15) is 4.79 Å². The van der Waals surface area contributed by atoms with Crippen LogP contribution >= 0.6 is 39.1 Å². The van der Waals surface area contributed by atoms with E-state index < -0.39 is 5.60 Å². The number of carbonyl (C=O) groups is 1. The van der Waals surface area contributed by atoms with Gasteiger partial charge in [0.25, 0.3) is 0 Å². The molecule has 7 heteroatoms. The van der Waals surface area contributed by atoms with Gasteiger partial charge in [0, 0.05) is 30.7 Å². The summed E-state index contributed by atoms with van der Waals surface area (Å²) in [6.07, 6.45) is -0.264. The summed E-state index contributed by atoms with van der Waals surface area (Å²) >= 11 is 15.6. The van der Waals surface area contributed by atoms with Crippen LogP contribution in [0, 0.1) is 0 Å². The van der Waals surface area contributed by atoms with Crippen molar-refractivity contribution in [1.29, 1.82) is 0 Å². The maximum absolute atomic E-state index is 12.1. The fourth-order valence-electron chi connectivity index (χ4n) is 2.21. The van der Waals surface area contributed by atoms with E-state index in [1.54, 1.807) is 11.0 Å². The molecule has 0 saturated carbocycles. The summed E-state index contributed by atoms with van der Waals surface area (Å²) in [7, 11) is 0. The molecule has 1 amide bonds. The molecule has 0 aromatic heterocycles. The van der Waals surface area contributed by atoms with Crippen LogP contribution in [0.5, 0.6) is 0 Å². The topological polar surface area (TPSA) is 32.8 Å². The molecule has 1 aliphatic rings. The molecule has 0 N–H and O–H groups in total. The molecule has 0 aliphatic carbocycles. The Bertz CT molecular complexity index is 567. The number of carbonyl (C=O) groups excluding carboxylic acids is 1. The van der Waals surface area contributed by atoms with E-state index in [4.69, 9.17) is 27.9 Å². The lowest BCUT2D eigenvalue weighted by Gasteiger charge is -2.37. The van der Waals surface area contributed by atoms with Crippen LogP contribution in [0.1, 0.15) is 20.8 Å². The molecule has 122 valence electrons. The van der Waals surface area contributed by atoms with Gasteiger partial charge in [0.15, 0.2) is 0 Å². The van der Waals surface area contributed by atoms with Crippen molar-refractivity contribution in [3.8, 4) is 0 Å². The lowest BCUT2D eigenvalue weighted by molar-refractivity contribution is 0.0240. The first-order valence-corrected chi connectivity index (χ1v) is 8.60. The molecule has 1 aliphatic heterocycles. The fourth-order valence-corrected chi connectivity index (χ4v) is 3.26. The Morgan fingerprint density at radius 1 is 1.14 bits per heavy atom. The summed E-state index contributed by atoms with van der Waals surface area (Å²) < 4.78 is 6.29. The first-order valence-electron chi connectivity index (χ1n) is 7.05. The summed E-state index contributed by atoms with van der Waals surface area (Å²) in [5.74, 6) is 0. The van der Waals surface area contributed by atoms with Crippen molar-refractivity contribution >= 4 is 50.9 Å². The maximum Gasteiger partial charge on any atom is 0.410 e. The second-order valence-corrected chi connectivity index (χ2v) is 7.84. The zero-order chi connectivity index (χ0) is 16.5. The van der Waals surface area contributed by atoms with Gasteiger partial charge >= 0.3 is 6.09 Å². The zero-order valence-electron chi connectivity index (χ0n) is 12.8. The first-order chi connectivity index (χ1) is 10.2. The quantitative estimate of drug-likeness (QED) is 0.623. The molecule has 0 radical (unpaired) electrons. The summed E-state index contributed by atoms with van der Waals surface area (Å²) in [4.78, 5) is 16.0. The number of ether oxygens (including phenoxy) is 1. The highest BCUT2D eigenvalue weighted by Gasteiger charge is 2.26. The lowest BCUT2D eigenvalue weighted by atomic mass is 10.2. The number of amides is 1. The molecule has 22 heavy (non-hydrogen) atoms. The Morgan fingerprint density at radius 3 is 2.23 bits per heavy atom. The molecule has 0 bridgehead atoms. The van der Waals surface area contributed by atoms with Crippen LogP contribution in [-0.2, 0) is 4.74 Å². The highest BCUT2D eigenvalue weighted by Crippen LogP contribution is 2.35. The van der Waals surface area contributed by atoms with Crippen molar-refractivity contribution in [2.24, 2.45) is 0 Å².